The van der Waals surface area contributed by atoms with Gasteiger partial charge in [-0.25, -0.2) is 0 Å². The van der Waals surface area contributed by atoms with Gasteiger partial charge < -0.3 is 15.2 Å². The summed E-state index contributed by atoms with van der Waals surface area (Å²) in [5.41, 5.74) is 2.00. The van der Waals surface area contributed by atoms with Gasteiger partial charge in [0.25, 0.3) is 0 Å². The first-order valence-electron chi connectivity index (χ1n) is 4.47. The highest BCUT2D eigenvalue weighted by Gasteiger charge is 2.22. The van der Waals surface area contributed by atoms with Crippen LogP contribution < -0.4 is 10.1 Å². The van der Waals surface area contributed by atoms with Crippen molar-refractivity contribution in [2.75, 3.05) is 13.7 Å². The second kappa shape index (κ2) is 5.16. The molecule has 1 atom stereocenters. The van der Waals surface area contributed by atoms with E-state index in [-0.39, 0.29) is 12.4 Å². The molecule has 15 heavy (non-hydrogen) atoms. The monoisotopic (exact) mass is 293 g/mol. The van der Waals surface area contributed by atoms with E-state index < -0.39 is 6.10 Å². The maximum Gasteiger partial charge on any atom is 0.126 e. The minimum Gasteiger partial charge on any atom is -0.496 e. The summed E-state index contributed by atoms with van der Waals surface area (Å²) in [7, 11) is 1.62. The van der Waals surface area contributed by atoms with Crippen LogP contribution in [-0.2, 0) is 6.54 Å². The molecule has 0 amide bonds. The van der Waals surface area contributed by atoms with Gasteiger partial charge in [-0.2, -0.15) is 0 Å². The van der Waals surface area contributed by atoms with E-state index in [2.05, 4.69) is 21.2 Å². The van der Waals surface area contributed by atoms with Crippen molar-refractivity contribution < 1.29 is 9.84 Å². The molecule has 0 spiro atoms. The third-order valence-electron chi connectivity index (χ3n) is 2.40. The molecule has 3 nitrogen and oxygen atoms in total. The number of β-amino-alcohol motifs (C(OH)–C–C–N with tert-alkyl or cyclic N) is 1. The Morgan fingerprint density at radius 2 is 2.27 bits per heavy atom. The van der Waals surface area contributed by atoms with Gasteiger partial charge in [0.2, 0.25) is 0 Å². The predicted molar refractivity (Wildman–Crippen MR) is 64.6 cm³/mol. The maximum atomic E-state index is 9.81. The zero-order valence-corrected chi connectivity index (χ0v) is 10.7. The number of rotatable bonds is 1. The fourth-order valence-electron chi connectivity index (χ4n) is 1.79. The molecule has 1 heterocycles. The van der Waals surface area contributed by atoms with E-state index in [1.165, 1.54) is 0 Å². The topological polar surface area (TPSA) is 41.5 Å². The fourth-order valence-corrected chi connectivity index (χ4v) is 2.27. The van der Waals surface area contributed by atoms with Crippen molar-refractivity contribution in [1.29, 1.82) is 0 Å². The van der Waals surface area contributed by atoms with Crippen LogP contribution in [0.3, 0.4) is 0 Å². The Balaban J connectivity index is 0.00000112. The lowest BCUT2D eigenvalue weighted by atomic mass is 9.98. The summed E-state index contributed by atoms with van der Waals surface area (Å²) in [4.78, 5) is 0. The molecule has 84 valence electrons. The minimum atomic E-state index is -0.471. The molecule has 1 unspecified atom stereocenters. The molecular weight excluding hydrogens is 281 g/mol. The summed E-state index contributed by atoms with van der Waals surface area (Å²) in [5, 5.41) is 12.9. The van der Waals surface area contributed by atoms with Crippen molar-refractivity contribution in [3.05, 3.63) is 27.7 Å². The minimum absolute atomic E-state index is 0. The Labute approximate surface area is 103 Å². The van der Waals surface area contributed by atoms with E-state index in [0.29, 0.717) is 6.54 Å². The van der Waals surface area contributed by atoms with Gasteiger partial charge in [0, 0.05) is 23.1 Å². The van der Waals surface area contributed by atoms with Crippen molar-refractivity contribution in [3.8, 4) is 5.75 Å². The van der Waals surface area contributed by atoms with Crippen LogP contribution in [0.2, 0.25) is 0 Å². The zero-order chi connectivity index (χ0) is 10.1. The first-order chi connectivity index (χ1) is 6.72. The third-order valence-corrected chi connectivity index (χ3v) is 2.86. The number of aliphatic hydroxyl groups is 1. The Morgan fingerprint density at radius 1 is 1.53 bits per heavy atom. The summed E-state index contributed by atoms with van der Waals surface area (Å²) in [6, 6.07) is 3.89. The molecule has 0 fully saturated rings. The number of benzene rings is 1. The molecule has 2 N–H and O–H groups in total. The van der Waals surface area contributed by atoms with Gasteiger partial charge in [0.15, 0.2) is 0 Å². The van der Waals surface area contributed by atoms with Gasteiger partial charge in [-0.05, 0) is 17.7 Å². The summed E-state index contributed by atoms with van der Waals surface area (Å²) in [6.45, 7) is 1.37. The highest BCUT2D eigenvalue weighted by molar-refractivity contribution is 9.10. The average Bonchev–Trinajstić information content (AvgIpc) is 2.16. The zero-order valence-electron chi connectivity index (χ0n) is 8.29. The SMILES string of the molecule is COc1cc(Br)cc2c1C(O)CNC2.Cl. The highest BCUT2D eigenvalue weighted by atomic mass is 79.9. The van der Waals surface area contributed by atoms with Crippen LogP contribution in [0.1, 0.15) is 17.2 Å². The van der Waals surface area contributed by atoms with Gasteiger partial charge in [0.05, 0.1) is 13.2 Å². The number of halogens is 2. The van der Waals surface area contributed by atoms with E-state index in [1.807, 2.05) is 12.1 Å². The van der Waals surface area contributed by atoms with E-state index in [1.54, 1.807) is 7.11 Å². The standard InChI is InChI=1S/C10H12BrNO2.ClH/c1-14-9-3-7(11)2-6-4-12-5-8(13)10(6)9;/h2-3,8,12-13H,4-5H2,1H3;1H. The lowest BCUT2D eigenvalue weighted by Crippen LogP contribution is -2.28. The quantitative estimate of drug-likeness (QED) is 0.832. The molecule has 0 aromatic heterocycles. The first kappa shape index (κ1) is 12.8. The van der Waals surface area contributed by atoms with E-state index in [9.17, 15) is 5.11 Å². The van der Waals surface area contributed by atoms with Crippen molar-refractivity contribution >= 4 is 28.3 Å². The Morgan fingerprint density at radius 3 is 2.93 bits per heavy atom. The number of hydrogen-bond donors (Lipinski definition) is 2. The smallest absolute Gasteiger partial charge is 0.126 e. The van der Waals surface area contributed by atoms with Crippen LogP contribution in [0, 0.1) is 0 Å². The van der Waals surface area contributed by atoms with Crippen LogP contribution in [0.15, 0.2) is 16.6 Å². The molecule has 1 aromatic rings. The maximum absolute atomic E-state index is 9.81. The number of aliphatic hydroxyl groups excluding tert-OH is 1. The Bertz CT molecular complexity index is 342. The fraction of sp³-hybridized carbons (Fsp3) is 0.400. The molecule has 1 aromatic carbocycles. The Kier molecular flexibility index (Phi) is 4.40. The van der Waals surface area contributed by atoms with E-state index >= 15 is 0 Å². The first-order valence-corrected chi connectivity index (χ1v) is 5.26. The number of nitrogens with one attached hydrogen (secondary N) is 1. The summed E-state index contributed by atoms with van der Waals surface area (Å²) in [5.74, 6) is 0.753. The molecule has 0 bridgehead atoms. The van der Waals surface area contributed by atoms with Crippen LogP contribution in [-0.4, -0.2) is 18.8 Å². The van der Waals surface area contributed by atoms with E-state index in [0.717, 1.165) is 27.9 Å². The molecule has 2 rings (SSSR count). The van der Waals surface area contributed by atoms with Crippen molar-refractivity contribution in [2.45, 2.75) is 12.6 Å². The van der Waals surface area contributed by atoms with Crippen molar-refractivity contribution in [3.63, 3.8) is 0 Å². The molecule has 1 aliphatic rings. The van der Waals surface area contributed by atoms with Crippen LogP contribution >= 0.6 is 28.3 Å². The third kappa shape index (κ3) is 2.45. The number of methoxy groups -OCH3 is 1. The highest BCUT2D eigenvalue weighted by Crippen LogP contribution is 2.34. The molecule has 1 aliphatic heterocycles. The molecule has 5 heteroatoms. The average molecular weight is 295 g/mol. The molecule has 0 saturated heterocycles. The predicted octanol–water partition coefficient (Wildman–Crippen LogP) is 2.02. The lowest BCUT2D eigenvalue weighted by Gasteiger charge is -2.24. The summed E-state index contributed by atoms with van der Waals surface area (Å²) >= 11 is 3.41. The number of fused-ring (bicyclic) bond motifs is 1. The molecule has 0 radical (unpaired) electrons. The number of ether oxygens (including phenoxy) is 1. The van der Waals surface area contributed by atoms with Crippen LogP contribution in [0.5, 0.6) is 5.75 Å². The summed E-state index contributed by atoms with van der Waals surface area (Å²) < 4.78 is 6.22. The second-order valence-corrected chi connectivity index (χ2v) is 4.24. The molecule has 0 aliphatic carbocycles. The lowest BCUT2D eigenvalue weighted by molar-refractivity contribution is 0.160. The van der Waals surface area contributed by atoms with Gasteiger partial charge in [-0.3, -0.25) is 0 Å². The molecule has 0 saturated carbocycles. The van der Waals surface area contributed by atoms with Gasteiger partial charge in [-0.1, -0.05) is 15.9 Å². The largest absolute Gasteiger partial charge is 0.496 e. The van der Waals surface area contributed by atoms with Crippen LogP contribution in [0.4, 0.5) is 0 Å². The van der Waals surface area contributed by atoms with Gasteiger partial charge >= 0.3 is 0 Å². The Hall–Kier alpha value is -0.290. The normalized spacial score (nSPS) is 19.0. The van der Waals surface area contributed by atoms with Gasteiger partial charge in [-0.15, -0.1) is 12.4 Å². The second-order valence-electron chi connectivity index (χ2n) is 3.33. The summed E-state index contributed by atoms with van der Waals surface area (Å²) in [6.07, 6.45) is -0.471. The van der Waals surface area contributed by atoms with Crippen molar-refractivity contribution in [1.82, 2.24) is 5.32 Å². The van der Waals surface area contributed by atoms with E-state index in [4.69, 9.17) is 4.74 Å². The van der Waals surface area contributed by atoms with Gasteiger partial charge in [0.1, 0.15) is 5.75 Å². The number of hydrogen-bond acceptors (Lipinski definition) is 3. The van der Waals surface area contributed by atoms with Crippen molar-refractivity contribution in [2.24, 2.45) is 0 Å². The van der Waals surface area contributed by atoms with Crippen LogP contribution in [0.25, 0.3) is 0 Å². The molecular formula is C10H13BrClNO2.